The van der Waals surface area contributed by atoms with E-state index in [9.17, 15) is 10.5 Å². The number of anilines is 6. The van der Waals surface area contributed by atoms with Crippen LogP contribution >= 0.6 is 0 Å². The molecule has 118 heavy (non-hydrogen) atoms. The van der Waals surface area contributed by atoms with E-state index in [0.29, 0.717) is 57.2 Å². The summed E-state index contributed by atoms with van der Waals surface area (Å²) in [5.41, 5.74) is 32.7. The highest BCUT2D eigenvalue weighted by Crippen LogP contribution is 2.66. The summed E-state index contributed by atoms with van der Waals surface area (Å²) in [6, 6.07) is 141. The van der Waals surface area contributed by atoms with Crippen molar-refractivity contribution in [1.29, 1.82) is 10.5 Å². The highest BCUT2D eigenvalue weighted by atomic mass is 15.2. The van der Waals surface area contributed by atoms with Crippen LogP contribution in [0.4, 0.5) is 34.1 Å². The Kier molecular flexibility index (Phi) is 17.0. The minimum absolute atomic E-state index is 0.434. The zero-order chi connectivity index (χ0) is 79.0. The van der Waals surface area contributed by atoms with Gasteiger partial charge in [-0.1, -0.05) is 327 Å². The van der Waals surface area contributed by atoms with Gasteiger partial charge in [-0.3, -0.25) is 0 Å². The fraction of sp³-hybridized carbons (Fsp3) is 0.0370. The number of rotatable bonds is 10. The molecule has 10 heteroatoms. The summed E-state index contributed by atoms with van der Waals surface area (Å²) in [7, 11) is 0. The smallest absolute Gasteiger partial charge is 0.165 e. The van der Waals surface area contributed by atoms with Crippen molar-refractivity contribution in [3.8, 4) is 125 Å². The average Bonchev–Trinajstić information content (AvgIpc) is 1.48. The molecule has 10 nitrogen and oxygen atoms in total. The summed E-state index contributed by atoms with van der Waals surface area (Å²) in [5, 5.41) is 21.1. The average molecular weight is 1510 g/mol. The molecule has 16 aromatic carbocycles. The molecule has 18 aromatic rings. The maximum atomic E-state index is 10.6. The molecule has 0 N–H and O–H groups in total. The van der Waals surface area contributed by atoms with Gasteiger partial charge in [0.15, 0.2) is 34.9 Å². The Balaban J connectivity index is 0.000000149. The van der Waals surface area contributed by atoms with Crippen molar-refractivity contribution in [2.75, 3.05) is 9.80 Å². The number of aromatic nitrogens is 6. The van der Waals surface area contributed by atoms with E-state index in [2.05, 4.69) is 278 Å². The van der Waals surface area contributed by atoms with Crippen LogP contribution < -0.4 is 9.80 Å². The molecule has 4 aliphatic rings. The monoisotopic (exact) mass is 1510 g/mol. The molecule has 0 amide bonds. The van der Waals surface area contributed by atoms with Gasteiger partial charge in [-0.25, -0.2) is 29.9 Å². The van der Waals surface area contributed by atoms with E-state index in [4.69, 9.17) is 29.9 Å². The lowest BCUT2D eigenvalue weighted by Gasteiger charge is -2.45. The number of nitrogens with zero attached hydrogens (tertiary/aromatic N) is 10. The lowest BCUT2D eigenvalue weighted by Crippen LogP contribution is -2.36. The van der Waals surface area contributed by atoms with Gasteiger partial charge in [0.2, 0.25) is 0 Å². The van der Waals surface area contributed by atoms with E-state index in [1.54, 1.807) is 0 Å². The van der Waals surface area contributed by atoms with Crippen molar-refractivity contribution < 1.29 is 0 Å². The minimum Gasteiger partial charge on any atom is -0.310 e. The van der Waals surface area contributed by atoms with Gasteiger partial charge in [0, 0.05) is 44.8 Å². The second kappa shape index (κ2) is 28.6. The summed E-state index contributed by atoms with van der Waals surface area (Å²) in [6.45, 7) is 4.34. The van der Waals surface area contributed by atoms with Crippen LogP contribution in [0.1, 0.15) is 66.8 Å². The van der Waals surface area contributed by atoms with Gasteiger partial charge in [0.05, 0.1) is 56.8 Å². The molecule has 0 radical (unpaired) electrons. The molecule has 2 aliphatic heterocycles. The molecule has 2 aromatic heterocycles. The van der Waals surface area contributed by atoms with Crippen LogP contribution in [0, 0.1) is 36.5 Å². The summed E-state index contributed by atoms with van der Waals surface area (Å²) in [6.07, 6.45) is 0. The number of para-hydroxylation sites is 4. The first-order chi connectivity index (χ1) is 58.2. The van der Waals surface area contributed by atoms with Gasteiger partial charge in [0.1, 0.15) is 0 Å². The van der Waals surface area contributed by atoms with Crippen LogP contribution in [0.15, 0.2) is 388 Å². The SMILES string of the molecule is Cc1ccc2c(c1)-c1cc(C)ccc1C21c2ccccc2N(c2ccc(C#N)c(-c3nc(-c4ccccc4)nc(-c4ccccc4)n3)c2)c2ccccc21.N#Cc1ccc(N2c3ccccc3C3(c4ccc(-c5ccccc5)cc4-c4cc(-c5ccccc5)ccc43)c3ccccc32)cc1-c1nc(-c2ccccc2)nc(-c2ccccc2)n1. The van der Waals surface area contributed by atoms with E-state index in [0.717, 1.165) is 56.4 Å². The number of nitriles is 2. The molecule has 0 fully saturated rings. The zero-order valence-corrected chi connectivity index (χ0v) is 64.4. The Labute approximate surface area is 684 Å². The van der Waals surface area contributed by atoms with E-state index >= 15 is 0 Å². The van der Waals surface area contributed by atoms with Crippen molar-refractivity contribution >= 4 is 34.1 Å². The van der Waals surface area contributed by atoms with Gasteiger partial charge >= 0.3 is 0 Å². The molecule has 4 heterocycles. The predicted molar refractivity (Wildman–Crippen MR) is 473 cm³/mol. The Morgan fingerprint density at radius 1 is 0.212 bits per heavy atom. The predicted octanol–water partition coefficient (Wildman–Crippen LogP) is 25.7. The van der Waals surface area contributed by atoms with E-state index < -0.39 is 10.8 Å². The van der Waals surface area contributed by atoms with Crippen LogP contribution in [-0.4, -0.2) is 29.9 Å². The molecule has 2 spiro atoms. The molecule has 0 unspecified atom stereocenters. The molecule has 0 bridgehead atoms. The standard InChI is InChI=1S/C59H37N5.C49H33N5/c60-38-45-29-32-46(37-47(45)58-62-56(41-21-9-3-10-22-41)61-57(63-58)42-23-11-4-12-24-42)64-54-27-15-13-25-52(54)59(53-26-14-16-28-55(53)64)50-33-30-43(39-17-5-1-6-18-39)35-48(50)49-36-44(31-34-51(49)59)40-19-7-2-8-20-40;1-31-21-25-40-38(27-31)39-28-32(2)22-26-41(39)49(40)42-17-9-11-19-44(42)54(45-20-12-10-18-43(45)49)36-24-23-35(30-50)37(29-36)48-52-46(33-13-5-3-6-14-33)51-47(53-48)34-15-7-4-8-16-34/h1-37H;3-29H,1-2H3. The van der Waals surface area contributed by atoms with Gasteiger partial charge < -0.3 is 9.80 Å². The highest BCUT2D eigenvalue weighted by Gasteiger charge is 2.54. The largest absolute Gasteiger partial charge is 0.310 e. The van der Waals surface area contributed by atoms with Crippen LogP contribution in [0.25, 0.3) is 113 Å². The molecule has 2 aliphatic carbocycles. The first-order valence-corrected chi connectivity index (χ1v) is 39.7. The second-order valence-corrected chi connectivity index (χ2v) is 30.4. The van der Waals surface area contributed by atoms with Crippen LogP contribution in [0.3, 0.4) is 0 Å². The van der Waals surface area contributed by atoms with E-state index in [1.807, 2.05) is 146 Å². The number of hydrogen-bond donors (Lipinski definition) is 0. The van der Waals surface area contributed by atoms with Crippen LogP contribution in [-0.2, 0) is 10.8 Å². The fourth-order valence-corrected chi connectivity index (χ4v) is 18.5. The molecule has 552 valence electrons. The molecule has 0 saturated heterocycles. The Morgan fingerprint density at radius 2 is 0.466 bits per heavy atom. The second-order valence-electron chi connectivity index (χ2n) is 30.4. The van der Waals surface area contributed by atoms with Gasteiger partial charge in [-0.2, -0.15) is 10.5 Å². The van der Waals surface area contributed by atoms with Crippen molar-refractivity contribution in [2.24, 2.45) is 0 Å². The Bertz CT molecular complexity index is 6760. The number of benzene rings is 16. The molecule has 22 rings (SSSR count). The van der Waals surface area contributed by atoms with Crippen molar-refractivity contribution in [2.45, 2.75) is 24.7 Å². The normalized spacial score (nSPS) is 12.9. The number of hydrogen-bond acceptors (Lipinski definition) is 10. The van der Waals surface area contributed by atoms with Gasteiger partial charge in [0.25, 0.3) is 0 Å². The summed E-state index contributed by atoms with van der Waals surface area (Å²) in [5.74, 6) is 3.06. The topological polar surface area (TPSA) is 131 Å². The van der Waals surface area contributed by atoms with E-state index in [-0.39, 0.29) is 0 Å². The number of aryl methyl sites for hydroxylation is 2. The zero-order valence-electron chi connectivity index (χ0n) is 64.4. The van der Waals surface area contributed by atoms with Crippen molar-refractivity contribution in [3.05, 3.63) is 455 Å². The minimum atomic E-state index is -0.627. The third-order valence-corrected chi connectivity index (χ3v) is 23.6. The maximum absolute atomic E-state index is 10.6. The van der Waals surface area contributed by atoms with Crippen molar-refractivity contribution in [1.82, 2.24) is 29.9 Å². The molecule has 0 atom stereocenters. The molecular weight excluding hydrogens is 1440 g/mol. The first-order valence-electron chi connectivity index (χ1n) is 39.7. The Morgan fingerprint density at radius 3 is 0.763 bits per heavy atom. The summed E-state index contributed by atoms with van der Waals surface area (Å²) >= 11 is 0. The summed E-state index contributed by atoms with van der Waals surface area (Å²) in [4.78, 5) is 34.6. The first kappa shape index (κ1) is 70.0. The maximum Gasteiger partial charge on any atom is 0.165 e. The Hall–Kier alpha value is -15.9. The van der Waals surface area contributed by atoms with Gasteiger partial charge in [-0.05, 0) is 176 Å². The van der Waals surface area contributed by atoms with E-state index in [1.165, 1.54) is 100 Å². The number of fused-ring (bicyclic) bond motifs is 18. The van der Waals surface area contributed by atoms with Crippen molar-refractivity contribution in [3.63, 3.8) is 0 Å². The highest BCUT2D eigenvalue weighted by molar-refractivity contribution is 6.00. The third kappa shape index (κ3) is 11.4. The quantitative estimate of drug-likeness (QED) is 0.130. The summed E-state index contributed by atoms with van der Waals surface area (Å²) < 4.78 is 0. The lowest BCUT2D eigenvalue weighted by atomic mass is 9.64. The fourth-order valence-electron chi connectivity index (χ4n) is 18.5. The van der Waals surface area contributed by atoms with Crippen LogP contribution in [0.2, 0.25) is 0 Å². The third-order valence-electron chi connectivity index (χ3n) is 23.6. The van der Waals surface area contributed by atoms with Gasteiger partial charge in [-0.15, -0.1) is 0 Å². The molecular formula is C108H70N10. The lowest BCUT2D eigenvalue weighted by molar-refractivity contribution is 0.752. The molecule has 0 saturated carbocycles. The van der Waals surface area contributed by atoms with Crippen LogP contribution in [0.5, 0.6) is 0 Å².